The fourth-order valence-electron chi connectivity index (χ4n) is 3.51. The van der Waals surface area contributed by atoms with Crippen molar-refractivity contribution in [2.24, 2.45) is 0 Å². The van der Waals surface area contributed by atoms with Crippen molar-refractivity contribution in [2.45, 2.75) is 52.0 Å². The highest BCUT2D eigenvalue weighted by Gasteiger charge is 2.10. The average Bonchev–Trinajstić information content (AvgIpc) is 3.09. The first-order valence-corrected chi connectivity index (χ1v) is 11.1. The van der Waals surface area contributed by atoms with Crippen molar-refractivity contribution in [3.05, 3.63) is 59.4 Å². The number of hydrogen-bond acceptors (Lipinski definition) is 3. The molecule has 3 aromatic rings. The highest BCUT2D eigenvalue weighted by atomic mass is 35.5. The first kappa shape index (κ1) is 22.2. The minimum atomic E-state index is 0.0387. The molecule has 1 aromatic heterocycles. The lowest BCUT2D eigenvalue weighted by molar-refractivity contribution is -0.118. The van der Waals surface area contributed by atoms with E-state index in [4.69, 9.17) is 21.3 Å². The third-order valence-corrected chi connectivity index (χ3v) is 5.30. The Bertz CT molecular complexity index is 937. The molecular weight excluding hydrogens is 398 g/mol. The van der Waals surface area contributed by atoms with E-state index in [0.29, 0.717) is 6.61 Å². The number of hydrogen-bond donors (Lipinski definition) is 1. The molecule has 0 aliphatic heterocycles. The molecule has 1 amide bonds. The van der Waals surface area contributed by atoms with Gasteiger partial charge in [-0.3, -0.25) is 4.79 Å². The average molecular weight is 428 g/mol. The SMILES string of the molecule is CC(=O)NCCCCCc1nc2ccccc2n1CCCCOc1ccc(Cl)cc1. The molecular formula is C24H30ClN3O2. The smallest absolute Gasteiger partial charge is 0.216 e. The molecule has 0 aliphatic rings. The number of rotatable bonds is 12. The Hall–Kier alpha value is -2.53. The summed E-state index contributed by atoms with van der Waals surface area (Å²) in [5, 5.41) is 3.57. The van der Waals surface area contributed by atoms with Crippen LogP contribution in [0.2, 0.25) is 5.02 Å². The number of benzene rings is 2. The van der Waals surface area contributed by atoms with E-state index in [1.807, 2.05) is 30.3 Å². The molecule has 30 heavy (non-hydrogen) atoms. The van der Waals surface area contributed by atoms with Gasteiger partial charge in [-0.15, -0.1) is 0 Å². The van der Waals surface area contributed by atoms with Gasteiger partial charge in [-0.25, -0.2) is 4.98 Å². The van der Waals surface area contributed by atoms with E-state index in [1.54, 1.807) is 6.92 Å². The van der Waals surface area contributed by atoms with E-state index >= 15 is 0 Å². The molecule has 2 aromatic carbocycles. The molecule has 0 bridgehead atoms. The topological polar surface area (TPSA) is 56.2 Å². The fourth-order valence-corrected chi connectivity index (χ4v) is 3.63. The number of ether oxygens (including phenoxy) is 1. The van der Waals surface area contributed by atoms with Gasteiger partial charge in [0.05, 0.1) is 17.6 Å². The molecule has 5 nitrogen and oxygen atoms in total. The monoisotopic (exact) mass is 427 g/mol. The molecule has 6 heteroatoms. The number of nitrogens with one attached hydrogen (secondary N) is 1. The highest BCUT2D eigenvalue weighted by Crippen LogP contribution is 2.19. The molecule has 1 N–H and O–H groups in total. The number of para-hydroxylation sites is 2. The van der Waals surface area contributed by atoms with Crippen LogP contribution in [0, 0.1) is 0 Å². The van der Waals surface area contributed by atoms with Crippen molar-refractivity contribution in [2.75, 3.05) is 13.2 Å². The zero-order valence-electron chi connectivity index (χ0n) is 17.6. The number of aromatic nitrogens is 2. The van der Waals surface area contributed by atoms with Crippen molar-refractivity contribution in [1.82, 2.24) is 14.9 Å². The summed E-state index contributed by atoms with van der Waals surface area (Å²) in [6.07, 6.45) is 6.12. The van der Waals surface area contributed by atoms with Crippen LogP contribution in [0.1, 0.15) is 44.9 Å². The molecule has 0 radical (unpaired) electrons. The first-order chi connectivity index (χ1) is 14.6. The number of carbonyl (C=O) groups excluding carboxylic acids is 1. The molecule has 160 valence electrons. The maximum absolute atomic E-state index is 10.9. The third kappa shape index (κ3) is 6.77. The Morgan fingerprint density at radius 1 is 1.03 bits per heavy atom. The third-order valence-electron chi connectivity index (χ3n) is 5.04. The Kier molecular flexibility index (Phi) is 8.57. The number of nitrogens with zero attached hydrogens (tertiary/aromatic N) is 2. The van der Waals surface area contributed by atoms with Crippen LogP contribution in [0.3, 0.4) is 0 Å². The van der Waals surface area contributed by atoms with Crippen molar-refractivity contribution >= 4 is 28.5 Å². The largest absolute Gasteiger partial charge is 0.494 e. The molecule has 0 fully saturated rings. The van der Waals surface area contributed by atoms with Gasteiger partial charge >= 0.3 is 0 Å². The molecule has 1 heterocycles. The van der Waals surface area contributed by atoms with Crippen LogP contribution in [0.15, 0.2) is 48.5 Å². The quantitative estimate of drug-likeness (QED) is 0.394. The second-order valence-corrected chi connectivity index (χ2v) is 7.91. The number of imidazole rings is 1. The lowest BCUT2D eigenvalue weighted by atomic mass is 10.2. The van der Waals surface area contributed by atoms with Gasteiger partial charge in [0.1, 0.15) is 11.6 Å². The normalized spacial score (nSPS) is 11.0. The van der Waals surface area contributed by atoms with Gasteiger partial charge in [0.15, 0.2) is 0 Å². The van der Waals surface area contributed by atoms with Gasteiger partial charge in [-0.2, -0.15) is 0 Å². The van der Waals surface area contributed by atoms with E-state index in [9.17, 15) is 4.79 Å². The van der Waals surface area contributed by atoms with Crippen LogP contribution >= 0.6 is 11.6 Å². The maximum atomic E-state index is 10.9. The van der Waals surface area contributed by atoms with Gasteiger partial charge in [0, 0.05) is 31.5 Å². The zero-order chi connectivity index (χ0) is 21.2. The van der Waals surface area contributed by atoms with Crippen LogP contribution in [-0.4, -0.2) is 28.6 Å². The maximum Gasteiger partial charge on any atom is 0.216 e. The molecule has 0 atom stereocenters. The summed E-state index contributed by atoms with van der Waals surface area (Å²) in [6, 6.07) is 15.8. The van der Waals surface area contributed by atoms with Crippen molar-refractivity contribution in [3.63, 3.8) is 0 Å². The number of halogens is 1. The molecule has 0 saturated heterocycles. The van der Waals surface area contributed by atoms with Crippen LogP contribution in [-0.2, 0) is 17.8 Å². The summed E-state index contributed by atoms with van der Waals surface area (Å²) >= 11 is 5.91. The van der Waals surface area contributed by atoms with Gasteiger partial charge in [0.2, 0.25) is 5.91 Å². The van der Waals surface area contributed by atoms with Crippen LogP contribution in [0.4, 0.5) is 0 Å². The van der Waals surface area contributed by atoms with E-state index < -0.39 is 0 Å². The lowest BCUT2D eigenvalue weighted by Gasteiger charge is -2.10. The summed E-state index contributed by atoms with van der Waals surface area (Å²) < 4.78 is 8.16. The molecule has 0 spiro atoms. The van der Waals surface area contributed by atoms with Crippen LogP contribution < -0.4 is 10.1 Å². The molecule has 0 unspecified atom stereocenters. The van der Waals surface area contributed by atoms with Crippen molar-refractivity contribution in [3.8, 4) is 5.75 Å². The highest BCUT2D eigenvalue weighted by molar-refractivity contribution is 6.30. The van der Waals surface area contributed by atoms with Crippen molar-refractivity contribution < 1.29 is 9.53 Å². The molecule has 0 saturated carbocycles. The minimum absolute atomic E-state index is 0.0387. The van der Waals surface area contributed by atoms with Gasteiger partial charge in [-0.1, -0.05) is 30.2 Å². The van der Waals surface area contributed by atoms with Gasteiger partial charge < -0.3 is 14.6 Å². The van der Waals surface area contributed by atoms with E-state index in [0.717, 1.165) is 73.7 Å². The zero-order valence-corrected chi connectivity index (χ0v) is 18.3. The molecule has 3 rings (SSSR count). The summed E-state index contributed by atoms with van der Waals surface area (Å²) in [6.45, 7) is 3.93. The number of fused-ring (bicyclic) bond motifs is 1. The van der Waals surface area contributed by atoms with Gasteiger partial charge in [-0.05, 0) is 62.1 Å². The van der Waals surface area contributed by atoms with E-state index in [-0.39, 0.29) is 5.91 Å². The predicted molar refractivity (Wildman–Crippen MR) is 122 cm³/mol. The predicted octanol–water partition coefficient (Wildman–Crippen LogP) is 5.40. The summed E-state index contributed by atoms with van der Waals surface area (Å²) in [5.74, 6) is 2.04. The number of aryl methyl sites for hydroxylation is 2. The number of unbranched alkanes of at least 4 members (excludes halogenated alkanes) is 3. The van der Waals surface area contributed by atoms with E-state index in [2.05, 4.69) is 28.1 Å². The van der Waals surface area contributed by atoms with Gasteiger partial charge in [0.25, 0.3) is 0 Å². The fraction of sp³-hybridized carbons (Fsp3) is 0.417. The summed E-state index contributed by atoms with van der Waals surface area (Å²) in [7, 11) is 0. The Labute approximate surface area is 183 Å². The Morgan fingerprint density at radius 3 is 2.63 bits per heavy atom. The van der Waals surface area contributed by atoms with E-state index in [1.165, 1.54) is 5.52 Å². The number of carbonyl (C=O) groups is 1. The second-order valence-electron chi connectivity index (χ2n) is 7.47. The summed E-state index contributed by atoms with van der Waals surface area (Å²) in [4.78, 5) is 15.8. The summed E-state index contributed by atoms with van der Waals surface area (Å²) in [5.41, 5.74) is 2.26. The standard InChI is InChI=1S/C24H30ClN3O2/c1-19(29)26-16-6-2-3-11-24-27-22-9-4-5-10-23(22)28(24)17-7-8-18-30-21-14-12-20(25)13-15-21/h4-5,9-10,12-15H,2-3,6-8,11,16-18H2,1H3,(H,26,29). The number of amides is 1. The Morgan fingerprint density at radius 2 is 1.83 bits per heavy atom. The van der Waals surface area contributed by atoms with Crippen molar-refractivity contribution in [1.29, 1.82) is 0 Å². The second kappa shape index (κ2) is 11.6. The Balaban J connectivity index is 1.48. The minimum Gasteiger partial charge on any atom is -0.494 e. The molecule has 0 aliphatic carbocycles. The van der Waals surface area contributed by atoms with Crippen LogP contribution in [0.25, 0.3) is 11.0 Å². The first-order valence-electron chi connectivity index (χ1n) is 10.7. The van der Waals surface area contributed by atoms with Crippen LogP contribution in [0.5, 0.6) is 5.75 Å². The lowest BCUT2D eigenvalue weighted by Crippen LogP contribution is -2.20.